The highest BCUT2D eigenvalue weighted by atomic mass is 15.2. The van der Waals surface area contributed by atoms with Crippen LogP contribution in [0.25, 0.3) is 0 Å². The molecule has 1 spiro atoms. The molecule has 3 heteroatoms. The summed E-state index contributed by atoms with van der Waals surface area (Å²) in [6, 6.07) is 4.19. The lowest BCUT2D eigenvalue weighted by atomic mass is 10.1. The maximum absolute atomic E-state index is 4.16. The van der Waals surface area contributed by atoms with Gasteiger partial charge in [0.2, 0.25) is 0 Å². The third-order valence-electron chi connectivity index (χ3n) is 3.75. The standard InChI is InChI=1S/C13H19N3/c1-2-12(10-14-6-1)3-8-16-9-7-15-13(11-16)4-5-13/h1-2,6,10,15H,3-5,7-9,11H2. The Balaban J connectivity index is 1.51. The van der Waals surface area contributed by atoms with Crippen LogP contribution in [0.1, 0.15) is 18.4 Å². The van der Waals surface area contributed by atoms with E-state index in [1.807, 2.05) is 18.5 Å². The highest BCUT2D eigenvalue weighted by Crippen LogP contribution is 2.37. The van der Waals surface area contributed by atoms with Crippen LogP contribution < -0.4 is 5.32 Å². The lowest BCUT2D eigenvalue weighted by Gasteiger charge is -2.33. The van der Waals surface area contributed by atoms with Gasteiger partial charge in [-0.3, -0.25) is 9.88 Å². The number of hydrogen-bond acceptors (Lipinski definition) is 3. The summed E-state index contributed by atoms with van der Waals surface area (Å²) in [6.07, 6.45) is 7.69. The molecule has 2 aliphatic rings. The second kappa shape index (κ2) is 4.15. The van der Waals surface area contributed by atoms with Gasteiger partial charge in [0.05, 0.1) is 0 Å². The van der Waals surface area contributed by atoms with E-state index in [9.17, 15) is 0 Å². The lowest BCUT2D eigenvalue weighted by Crippen LogP contribution is -2.52. The van der Waals surface area contributed by atoms with Crippen LogP contribution in [0.3, 0.4) is 0 Å². The van der Waals surface area contributed by atoms with Crippen molar-refractivity contribution in [1.82, 2.24) is 15.2 Å². The number of pyridine rings is 1. The molecule has 1 aliphatic carbocycles. The minimum atomic E-state index is 0.507. The Bertz CT molecular complexity index is 345. The number of hydrogen-bond donors (Lipinski definition) is 1. The minimum Gasteiger partial charge on any atom is -0.309 e. The molecule has 1 aromatic rings. The van der Waals surface area contributed by atoms with Crippen molar-refractivity contribution in [2.45, 2.75) is 24.8 Å². The van der Waals surface area contributed by atoms with Crippen molar-refractivity contribution < 1.29 is 0 Å². The first-order valence-electron chi connectivity index (χ1n) is 6.23. The van der Waals surface area contributed by atoms with Gasteiger partial charge >= 0.3 is 0 Å². The van der Waals surface area contributed by atoms with Gasteiger partial charge in [0, 0.05) is 44.1 Å². The monoisotopic (exact) mass is 217 g/mol. The Hall–Kier alpha value is -0.930. The summed E-state index contributed by atoms with van der Waals surface area (Å²) in [4.78, 5) is 6.75. The van der Waals surface area contributed by atoms with E-state index in [-0.39, 0.29) is 0 Å². The van der Waals surface area contributed by atoms with E-state index in [0.717, 1.165) is 13.0 Å². The third kappa shape index (κ3) is 2.25. The number of nitrogens with one attached hydrogen (secondary N) is 1. The largest absolute Gasteiger partial charge is 0.309 e. The number of nitrogens with zero attached hydrogens (tertiary/aromatic N) is 2. The zero-order chi connectivity index (χ0) is 10.8. The van der Waals surface area contributed by atoms with Gasteiger partial charge in [0.1, 0.15) is 0 Å². The lowest BCUT2D eigenvalue weighted by molar-refractivity contribution is 0.191. The summed E-state index contributed by atoms with van der Waals surface area (Å²) in [5.41, 5.74) is 1.86. The molecule has 3 rings (SSSR count). The fourth-order valence-electron chi connectivity index (χ4n) is 2.55. The maximum Gasteiger partial charge on any atom is 0.0310 e. The van der Waals surface area contributed by atoms with Gasteiger partial charge in [-0.1, -0.05) is 6.07 Å². The second-order valence-electron chi connectivity index (χ2n) is 5.09. The average Bonchev–Trinajstić information content (AvgIpc) is 3.07. The van der Waals surface area contributed by atoms with Crippen molar-refractivity contribution in [2.75, 3.05) is 26.2 Å². The fourth-order valence-corrected chi connectivity index (χ4v) is 2.55. The van der Waals surface area contributed by atoms with E-state index in [2.05, 4.69) is 21.3 Å². The molecule has 0 unspecified atom stereocenters. The second-order valence-corrected chi connectivity index (χ2v) is 5.09. The smallest absolute Gasteiger partial charge is 0.0310 e. The first kappa shape index (κ1) is 10.2. The predicted molar refractivity (Wildman–Crippen MR) is 64.3 cm³/mol. The van der Waals surface area contributed by atoms with E-state index in [1.54, 1.807) is 0 Å². The summed E-state index contributed by atoms with van der Waals surface area (Å²) in [5, 5.41) is 3.64. The maximum atomic E-state index is 4.16. The van der Waals surface area contributed by atoms with Gasteiger partial charge in [0.15, 0.2) is 0 Å². The SMILES string of the molecule is c1cncc(CCN2CCNC3(CC3)C2)c1. The van der Waals surface area contributed by atoms with Crippen LogP contribution in [0.5, 0.6) is 0 Å². The molecule has 0 radical (unpaired) electrons. The summed E-state index contributed by atoms with van der Waals surface area (Å²) >= 11 is 0. The fraction of sp³-hybridized carbons (Fsp3) is 0.615. The van der Waals surface area contributed by atoms with Crippen molar-refractivity contribution in [1.29, 1.82) is 0 Å². The Morgan fingerprint density at radius 2 is 2.38 bits per heavy atom. The van der Waals surface area contributed by atoms with Crippen molar-refractivity contribution in [3.63, 3.8) is 0 Å². The minimum absolute atomic E-state index is 0.507. The molecule has 1 aromatic heterocycles. The molecule has 1 aliphatic heterocycles. The topological polar surface area (TPSA) is 28.2 Å². The van der Waals surface area contributed by atoms with Crippen LogP contribution in [0.2, 0.25) is 0 Å². The van der Waals surface area contributed by atoms with Crippen LogP contribution in [0, 0.1) is 0 Å². The summed E-state index contributed by atoms with van der Waals surface area (Å²) < 4.78 is 0. The Morgan fingerprint density at radius 3 is 3.12 bits per heavy atom. The molecule has 0 aromatic carbocycles. The van der Waals surface area contributed by atoms with Gasteiger partial charge in [-0.2, -0.15) is 0 Å². The molecule has 1 saturated carbocycles. The molecule has 16 heavy (non-hydrogen) atoms. The normalized spacial score (nSPS) is 23.5. The van der Waals surface area contributed by atoms with Gasteiger partial charge in [-0.05, 0) is 30.9 Å². The van der Waals surface area contributed by atoms with Crippen molar-refractivity contribution in [3.8, 4) is 0 Å². The number of piperazine rings is 1. The molecule has 86 valence electrons. The quantitative estimate of drug-likeness (QED) is 0.820. The van der Waals surface area contributed by atoms with Gasteiger partial charge < -0.3 is 5.32 Å². The van der Waals surface area contributed by atoms with Crippen LogP contribution in [-0.2, 0) is 6.42 Å². The van der Waals surface area contributed by atoms with Crippen molar-refractivity contribution in [2.24, 2.45) is 0 Å². The predicted octanol–water partition coefficient (Wildman–Crippen LogP) is 1.06. The zero-order valence-electron chi connectivity index (χ0n) is 9.65. The molecule has 0 amide bonds. The molecular weight excluding hydrogens is 198 g/mol. The first-order valence-corrected chi connectivity index (χ1v) is 6.23. The highest BCUT2D eigenvalue weighted by Gasteiger charge is 2.45. The molecular formula is C13H19N3. The molecule has 0 bridgehead atoms. The molecule has 2 fully saturated rings. The summed E-state index contributed by atoms with van der Waals surface area (Å²) in [5.74, 6) is 0. The average molecular weight is 217 g/mol. The van der Waals surface area contributed by atoms with E-state index in [4.69, 9.17) is 0 Å². The van der Waals surface area contributed by atoms with Crippen LogP contribution >= 0.6 is 0 Å². The van der Waals surface area contributed by atoms with Crippen LogP contribution in [0.15, 0.2) is 24.5 Å². The van der Waals surface area contributed by atoms with Gasteiger partial charge in [0.25, 0.3) is 0 Å². The molecule has 1 N–H and O–H groups in total. The van der Waals surface area contributed by atoms with E-state index in [1.165, 1.54) is 38.0 Å². The molecule has 0 atom stereocenters. The van der Waals surface area contributed by atoms with Gasteiger partial charge in [-0.25, -0.2) is 0 Å². The molecule has 3 nitrogen and oxygen atoms in total. The first-order chi connectivity index (χ1) is 7.86. The third-order valence-corrected chi connectivity index (χ3v) is 3.75. The zero-order valence-corrected chi connectivity index (χ0v) is 9.65. The Morgan fingerprint density at radius 1 is 1.44 bits per heavy atom. The van der Waals surface area contributed by atoms with Crippen LogP contribution in [-0.4, -0.2) is 41.6 Å². The molecule has 2 heterocycles. The highest BCUT2D eigenvalue weighted by molar-refractivity contribution is 5.10. The van der Waals surface area contributed by atoms with Crippen molar-refractivity contribution >= 4 is 0 Å². The summed E-state index contributed by atoms with van der Waals surface area (Å²) in [6.45, 7) is 4.78. The van der Waals surface area contributed by atoms with Gasteiger partial charge in [-0.15, -0.1) is 0 Å². The van der Waals surface area contributed by atoms with E-state index >= 15 is 0 Å². The Kier molecular flexibility index (Phi) is 2.65. The van der Waals surface area contributed by atoms with E-state index in [0.29, 0.717) is 5.54 Å². The Labute approximate surface area is 96.9 Å². The van der Waals surface area contributed by atoms with E-state index < -0.39 is 0 Å². The molecule has 1 saturated heterocycles. The summed E-state index contributed by atoms with van der Waals surface area (Å²) in [7, 11) is 0. The van der Waals surface area contributed by atoms with Crippen molar-refractivity contribution in [3.05, 3.63) is 30.1 Å². The van der Waals surface area contributed by atoms with Crippen LogP contribution in [0.4, 0.5) is 0 Å². The number of rotatable bonds is 3. The number of aromatic nitrogens is 1.